The lowest BCUT2D eigenvalue weighted by atomic mass is 9.94. The quantitative estimate of drug-likeness (QED) is 0.748. The topological polar surface area (TPSA) is 12.0 Å². The van der Waals surface area contributed by atoms with Gasteiger partial charge in [-0.3, -0.25) is 0 Å². The average molecular weight is 287 g/mol. The largest absolute Gasteiger partial charge is 0.316 e. The highest BCUT2D eigenvalue weighted by Gasteiger charge is 2.15. The molecule has 2 heteroatoms. The summed E-state index contributed by atoms with van der Waals surface area (Å²) in [5.41, 5.74) is 4.34. The van der Waals surface area contributed by atoms with Gasteiger partial charge >= 0.3 is 0 Å². The molecule has 2 aromatic rings. The van der Waals surface area contributed by atoms with Crippen molar-refractivity contribution >= 4 is 11.3 Å². The molecule has 2 rings (SSSR count). The van der Waals surface area contributed by atoms with Crippen molar-refractivity contribution in [1.82, 2.24) is 5.32 Å². The molecule has 1 aromatic carbocycles. The highest BCUT2D eigenvalue weighted by atomic mass is 32.1. The van der Waals surface area contributed by atoms with Crippen LogP contribution in [-0.2, 0) is 6.42 Å². The molecule has 0 radical (unpaired) electrons. The van der Waals surface area contributed by atoms with Gasteiger partial charge in [-0.1, -0.05) is 51.5 Å². The maximum Gasteiger partial charge on any atom is 0.0164 e. The van der Waals surface area contributed by atoms with Gasteiger partial charge in [0, 0.05) is 17.3 Å². The van der Waals surface area contributed by atoms with Crippen molar-refractivity contribution in [2.75, 3.05) is 13.1 Å². The van der Waals surface area contributed by atoms with Crippen LogP contribution in [0.4, 0.5) is 0 Å². The minimum atomic E-state index is 0.569. The van der Waals surface area contributed by atoms with Crippen LogP contribution in [0.2, 0.25) is 0 Å². The minimum absolute atomic E-state index is 0.569. The van der Waals surface area contributed by atoms with Crippen molar-refractivity contribution in [2.45, 2.75) is 39.5 Å². The van der Waals surface area contributed by atoms with Gasteiger partial charge in [0.2, 0.25) is 0 Å². The van der Waals surface area contributed by atoms with Crippen LogP contribution in [0.5, 0.6) is 0 Å². The van der Waals surface area contributed by atoms with Gasteiger partial charge in [0.15, 0.2) is 0 Å². The molecule has 1 nitrogen and oxygen atoms in total. The van der Waals surface area contributed by atoms with Crippen molar-refractivity contribution in [3.8, 4) is 11.1 Å². The first-order valence-corrected chi connectivity index (χ1v) is 8.52. The predicted molar refractivity (Wildman–Crippen MR) is 90.7 cm³/mol. The van der Waals surface area contributed by atoms with Crippen molar-refractivity contribution in [3.05, 3.63) is 46.2 Å². The molecule has 0 aliphatic rings. The Morgan fingerprint density at radius 2 is 1.90 bits per heavy atom. The highest BCUT2D eigenvalue weighted by Crippen LogP contribution is 2.35. The van der Waals surface area contributed by atoms with Gasteiger partial charge in [-0.05, 0) is 41.1 Å². The summed E-state index contributed by atoms with van der Waals surface area (Å²) in [5, 5.41) is 5.69. The maximum absolute atomic E-state index is 3.46. The van der Waals surface area contributed by atoms with E-state index in [4.69, 9.17) is 0 Å². The summed E-state index contributed by atoms with van der Waals surface area (Å²) >= 11 is 1.89. The average Bonchev–Trinajstić information content (AvgIpc) is 2.95. The van der Waals surface area contributed by atoms with Crippen LogP contribution in [0.1, 0.15) is 43.6 Å². The van der Waals surface area contributed by atoms with E-state index < -0.39 is 0 Å². The van der Waals surface area contributed by atoms with Gasteiger partial charge < -0.3 is 5.32 Å². The second kappa shape index (κ2) is 7.61. The molecule has 0 bridgehead atoms. The smallest absolute Gasteiger partial charge is 0.0164 e. The van der Waals surface area contributed by atoms with Crippen LogP contribution < -0.4 is 5.32 Å². The van der Waals surface area contributed by atoms with Gasteiger partial charge in [0.25, 0.3) is 0 Å². The number of rotatable bonds is 7. The molecule has 1 atom stereocenters. The number of likely N-dealkylation sites (N-methyl/N-ethyl adjacent to an activating group) is 1. The number of hydrogen-bond acceptors (Lipinski definition) is 2. The first-order chi connectivity index (χ1) is 9.77. The van der Waals surface area contributed by atoms with Crippen LogP contribution in [0.3, 0.4) is 0 Å². The summed E-state index contributed by atoms with van der Waals surface area (Å²) in [6.45, 7) is 8.83. The van der Waals surface area contributed by atoms with Gasteiger partial charge in [0.1, 0.15) is 0 Å². The van der Waals surface area contributed by atoms with Crippen LogP contribution in [0, 0.1) is 0 Å². The SMILES string of the molecule is CCCc1ccccc1-c1ccsc1C(C)CNCC. The Morgan fingerprint density at radius 1 is 1.10 bits per heavy atom. The number of benzene rings is 1. The first-order valence-electron chi connectivity index (χ1n) is 7.64. The normalized spacial score (nSPS) is 12.6. The standard InChI is InChI=1S/C18H25NS/c1-4-8-15-9-6-7-10-16(15)17-11-12-20-18(17)14(3)13-19-5-2/h6-7,9-12,14,19H,4-5,8,13H2,1-3H3. The molecule has 1 heterocycles. The zero-order chi connectivity index (χ0) is 14.4. The Balaban J connectivity index is 2.32. The number of nitrogens with one attached hydrogen (secondary N) is 1. The van der Waals surface area contributed by atoms with E-state index in [2.05, 4.69) is 61.8 Å². The highest BCUT2D eigenvalue weighted by molar-refractivity contribution is 7.10. The summed E-state index contributed by atoms with van der Waals surface area (Å²) in [6.07, 6.45) is 2.36. The molecule has 1 unspecified atom stereocenters. The molecule has 0 amide bonds. The van der Waals surface area contributed by atoms with Gasteiger partial charge in [0.05, 0.1) is 0 Å². The maximum atomic E-state index is 3.46. The fourth-order valence-electron chi connectivity index (χ4n) is 2.65. The Labute approximate surface area is 127 Å². The van der Waals surface area contributed by atoms with Crippen molar-refractivity contribution < 1.29 is 0 Å². The van der Waals surface area contributed by atoms with E-state index in [0.717, 1.165) is 19.5 Å². The van der Waals surface area contributed by atoms with Crippen molar-refractivity contribution in [1.29, 1.82) is 0 Å². The molecular weight excluding hydrogens is 262 g/mol. The summed E-state index contributed by atoms with van der Waals surface area (Å²) in [4.78, 5) is 1.51. The summed E-state index contributed by atoms with van der Waals surface area (Å²) < 4.78 is 0. The van der Waals surface area contributed by atoms with Crippen molar-refractivity contribution in [3.63, 3.8) is 0 Å². The van der Waals surface area contributed by atoms with E-state index in [1.165, 1.54) is 28.0 Å². The zero-order valence-electron chi connectivity index (χ0n) is 12.8. The van der Waals surface area contributed by atoms with E-state index >= 15 is 0 Å². The minimum Gasteiger partial charge on any atom is -0.316 e. The molecule has 1 N–H and O–H groups in total. The number of hydrogen-bond donors (Lipinski definition) is 1. The van der Waals surface area contributed by atoms with E-state index in [1.54, 1.807) is 0 Å². The predicted octanol–water partition coefficient (Wildman–Crippen LogP) is 5.08. The van der Waals surface area contributed by atoms with E-state index in [1.807, 2.05) is 11.3 Å². The van der Waals surface area contributed by atoms with Crippen LogP contribution in [0.25, 0.3) is 11.1 Å². The Kier molecular flexibility index (Phi) is 5.81. The third-order valence-electron chi connectivity index (χ3n) is 3.67. The first kappa shape index (κ1) is 15.3. The molecule has 0 saturated carbocycles. The lowest BCUT2D eigenvalue weighted by molar-refractivity contribution is 0.642. The zero-order valence-corrected chi connectivity index (χ0v) is 13.6. The van der Waals surface area contributed by atoms with Crippen LogP contribution in [0.15, 0.2) is 35.7 Å². The second-order valence-electron chi connectivity index (χ2n) is 5.31. The lowest BCUT2D eigenvalue weighted by Crippen LogP contribution is -2.19. The Bertz CT molecular complexity index is 530. The molecule has 0 aliphatic heterocycles. The third kappa shape index (κ3) is 3.50. The van der Waals surface area contributed by atoms with Gasteiger partial charge in [-0.15, -0.1) is 11.3 Å². The Morgan fingerprint density at radius 3 is 2.65 bits per heavy atom. The third-order valence-corrected chi connectivity index (χ3v) is 4.82. The fraction of sp³-hybridized carbons (Fsp3) is 0.444. The summed E-state index contributed by atoms with van der Waals surface area (Å²) in [5.74, 6) is 0.569. The summed E-state index contributed by atoms with van der Waals surface area (Å²) in [6, 6.07) is 11.1. The lowest BCUT2D eigenvalue weighted by Gasteiger charge is -2.15. The monoisotopic (exact) mass is 287 g/mol. The molecule has 0 aliphatic carbocycles. The van der Waals surface area contributed by atoms with Gasteiger partial charge in [-0.25, -0.2) is 0 Å². The number of aryl methyl sites for hydroxylation is 1. The molecular formula is C18H25NS. The molecule has 108 valence electrons. The number of thiophene rings is 1. The van der Waals surface area contributed by atoms with Crippen molar-refractivity contribution in [2.24, 2.45) is 0 Å². The molecule has 0 fully saturated rings. The fourth-order valence-corrected chi connectivity index (χ4v) is 3.62. The van der Waals surface area contributed by atoms with Gasteiger partial charge in [-0.2, -0.15) is 0 Å². The Hall–Kier alpha value is -1.12. The van der Waals surface area contributed by atoms with E-state index in [0.29, 0.717) is 5.92 Å². The summed E-state index contributed by atoms with van der Waals surface area (Å²) in [7, 11) is 0. The van der Waals surface area contributed by atoms with E-state index in [-0.39, 0.29) is 0 Å². The molecule has 1 aromatic heterocycles. The molecule has 0 spiro atoms. The molecule has 0 saturated heterocycles. The van der Waals surface area contributed by atoms with Crippen LogP contribution in [-0.4, -0.2) is 13.1 Å². The second-order valence-corrected chi connectivity index (χ2v) is 6.26. The van der Waals surface area contributed by atoms with Crippen LogP contribution >= 0.6 is 11.3 Å². The molecule has 20 heavy (non-hydrogen) atoms. The van der Waals surface area contributed by atoms with E-state index in [9.17, 15) is 0 Å².